The zero-order valence-electron chi connectivity index (χ0n) is 8.86. The maximum absolute atomic E-state index is 11.6. The second-order valence-electron chi connectivity index (χ2n) is 2.97. The molecule has 0 aromatic carbocycles. The Hall–Kier alpha value is -0.150. The van der Waals surface area contributed by atoms with Crippen molar-refractivity contribution in [3.63, 3.8) is 0 Å². The van der Waals surface area contributed by atoms with Crippen molar-refractivity contribution in [2.75, 3.05) is 12.5 Å². The highest BCUT2D eigenvalue weighted by molar-refractivity contribution is 7.99. The molecule has 1 nitrogen and oxygen atoms in total. The Morgan fingerprint density at radius 2 is 1.50 bits per heavy atom. The number of carbonyl (C=O) groups excluding carboxylic acids is 1. The second-order valence-corrected chi connectivity index (χ2v) is 5.12. The van der Waals surface area contributed by atoms with Gasteiger partial charge in [0.05, 0.1) is 0 Å². The summed E-state index contributed by atoms with van der Waals surface area (Å²) < 4.78 is 0. The molecule has 0 fully saturated rings. The Labute approximate surface area is 95.4 Å². The summed E-state index contributed by atoms with van der Waals surface area (Å²) in [6.45, 7) is 7.41. The van der Waals surface area contributed by atoms with E-state index in [1.54, 1.807) is 23.5 Å². The fraction of sp³-hybridized carbons (Fsp3) is 0.545. The maximum Gasteiger partial charge on any atom is 0.135 e. The van der Waals surface area contributed by atoms with Crippen molar-refractivity contribution in [1.29, 1.82) is 0 Å². The first-order valence-electron chi connectivity index (χ1n) is 4.50. The average Bonchev–Trinajstić information content (AvgIpc) is 2.22. The Bertz CT molecular complexity index is 181. The highest BCUT2D eigenvalue weighted by atomic mass is 32.2. The van der Waals surface area contributed by atoms with Gasteiger partial charge in [-0.25, -0.2) is 0 Å². The van der Waals surface area contributed by atoms with Gasteiger partial charge in [-0.15, -0.1) is 13.2 Å². The average molecular weight is 230 g/mol. The first-order chi connectivity index (χ1) is 6.67. The largest absolute Gasteiger partial charge is 0.300 e. The summed E-state index contributed by atoms with van der Waals surface area (Å²) in [5.41, 5.74) is 0. The molecule has 0 saturated heterocycles. The molecule has 0 aliphatic heterocycles. The van der Waals surface area contributed by atoms with Crippen LogP contribution in [0.1, 0.15) is 12.8 Å². The van der Waals surface area contributed by atoms with Crippen LogP contribution in [0.3, 0.4) is 0 Å². The summed E-state index contributed by atoms with van der Waals surface area (Å²) in [5.74, 6) is 0.295. The normalized spacial score (nSPS) is 14.4. The lowest BCUT2D eigenvalue weighted by molar-refractivity contribution is -0.118. The van der Waals surface area contributed by atoms with Crippen molar-refractivity contribution < 1.29 is 4.79 Å². The third-order valence-corrected chi connectivity index (χ3v) is 3.92. The van der Waals surface area contributed by atoms with E-state index in [0.29, 0.717) is 18.6 Å². The summed E-state index contributed by atoms with van der Waals surface area (Å²) in [4.78, 5) is 11.6. The van der Waals surface area contributed by atoms with Crippen LogP contribution in [-0.4, -0.2) is 28.8 Å². The van der Waals surface area contributed by atoms with Gasteiger partial charge in [0.15, 0.2) is 0 Å². The minimum atomic E-state index is 0.259. The molecule has 0 rings (SSSR count). The quantitative estimate of drug-likeness (QED) is 0.596. The van der Waals surface area contributed by atoms with Gasteiger partial charge < -0.3 is 0 Å². The van der Waals surface area contributed by atoms with E-state index < -0.39 is 0 Å². The van der Waals surface area contributed by atoms with Gasteiger partial charge in [-0.05, 0) is 12.5 Å². The molecule has 14 heavy (non-hydrogen) atoms. The van der Waals surface area contributed by atoms with Crippen LogP contribution in [0.5, 0.6) is 0 Å². The zero-order valence-corrected chi connectivity index (χ0v) is 10.5. The lowest BCUT2D eigenvalue weighted by Gasteiger charge is -2.11. The van der Waals surface area contributed by atoms with E-state index in [9.17, 15) is 4.79 Å². The van der Waals surface area contributed by atoms with E-state index in [-0.39, 0.29) is 10.5 Å². The van der Waals surface area contributed by atoms with E-state index in [4.69, 9.17) is 0 Å². The maximum atomic E-state index is 11.6. The lowest BCUT2D eigenvalue weighted by atomic mass is 10.1. The molecule has 80 valence electrons. The van der Waals surface area contributed by atoms with Crippen molar-refractivity contribution in [1.82, 2.24) is 0 Å². The van der Waals surface area contributed by atoms with Gasteiger partial charge in [0, 0.05) is 23.3 Å². The van der Waals surface area contributed by atoms with Crippen LogP contribution in [0.15, 0.2) is 25.3 Å². The molecule has 0 heterocycles. The van der Waals surface area contributed by atoms with Crippen LogP contribution in [0.25, 0.3) is 0 Å². The molecule has 0 aromatic heterocycles. The predicted octanol–water partition coefficient (Wildman–Crippen LogP) is 3.17. The van der Waals surface area contributed by atoms with Crippen LogP contribution in [0, 0.1) is 0 Å². The summed E-state index contributed by atoms with van der Waals surface area (Å²) in [5, 5.41) is 0.518. The number of hydrogen-bond donors (Lipinski definition) is 0. The van der Waals surface area contributed by atoms with Crippen LogP contribution in [0.4, 0.5) is 0 Å². The standard InChI is InChI=1S/C11H18OS2/c1-5-10(13-3)7-9(12)8-11(6-2)14-4/h5-6,10-11H,1-2,7-8H2,3-4H3. The molecule has 0 aliphatic carbocycles. The van der Waals surface area contributed by atoms with Gasteiger partial charge >= 0.3 is 0 Å². The third-order valence-electron chi connectivity index (χ3n) is 1.99. The molecule has 3 heteroatoms. The Morgan fingerprint density at radius 1 is 1.14 bits per heavy atom. The molecule has 0 bridgehead atoms. The number of ketones is 1. The molecule has 0 N–H and O–H groups in total. The minimum Gasteiger partial charge on any atom is -0.300 e. The second kappa shape index (κ2) is 8.18. The molecule has 0 aromatic rings. The SMILES string of the molecule is C=CC(CC(=O)CC(C=C)SC)SC. The minimum absolute atomic E-state index is 0.259. The van der Waals surface area contributed by atoms with Crippen LogP contribution in [0.2, 0.25) is 0 Å². The number of rotatable bonds is 8. The summed E-state index contributed by atoms with van der Waals surface area (Å²) >= 11 is 3.34. The van der Waals surface area contributed by atoms with Crippen LogP contribution < -0.4 is 0 Å². The fourth-order valence-corrected chi connectivity index (χ4v) is 2.15. The number of Topliss-reactive ketones (excluding diaryl/α,β-unsaturated/α-hetero) is 1. The Balaban J connectivity index is 3.95. The molecule has 0 saturated carbocycles. The molecular weight excluding hydrogens is 212 g/mol. The third kappa shape index (κ3) is 5.55. The van der Waals surface area contributed by atoms with E-state index in [2.05, 4.69) is 13.2 Å². The fourth-order valence-electron chi connectivity index (χ4n) is 1.06. The summed E-state index contributed by atoms with van der Waals surface area (Å²) in [6, 6.07) is 0. The van der Waals surface area contributed by atoms with Gasteiger partial charge in [0.1, 0.15) is 5.78 Å². The highest BCUT2D eigenvalue weighted by Gasteiger charge is 2.13. The topological polar surface area (TPSA) is 17.1 Å². The van der Waals surface area contributed by atoms with Gasteiger partial charge in [-0.2, -0.15) is 23.5 Å². The summed E-state index contributed by atoms with van der Waals surface area (Å²) in [6.07, 6.45) is 8.86. The molecule has 2 unspecified atom stereocenters. The van der Waals surface area contributed by atoms with Gasteiger partial charge in [0.2, 0.25) is 0 Å². The number of carbonyl (C=O) groups is 1. The molecule has 0 aliphatic rings. The van der Waals surface area contributed by atoms with Crippen LogP contribution in [-0.2, 0) is 4.79 Å². The molecular formula is C11H18OS2. The molecule has 0 radical (unpaired) electrons. The molecule has 0 amide bonds. The van der Waals surface area contributed by atoms with E-state index >= 15 is 0 Å². The Kier molecular flexibility index (Phi) is 8.09. The van der Waals surface area contributed by atoms with Gasteiger partial charge in [0.25, 0.3) is 0 Å². The monoisotopic (exact) mass is 230 g/mol. The lowest BCUT2D eigenvalue weighted by Crippen LogP contribution is -2.12. The first-order valence-corrected chi connectivity index (χ1v) is 7.07. The molecule has 2 atom stereocenters. The predicted molar refractivity (Wildman–Crippen MR) is 69.2 cm³/mol. The van der Waals surface area contributed by atoms with Crippen molar-refractivity contribution in [3.8, 4) is 0 Å². The highest BCUT2D eigenvalue weighted by Crippen LogP contribution is 2.17. The van der Waals surface area contributed by atoms with Crippen molar-refractivity contribution in [2.24, 2.45) is 0 Å². The summed E-state index contributed by atoms with van der Waals surface area (Å²) in [7, 11) is 0. The van der Waals surface area contributed by atoms with E-state index in [1.165, 1.54) is 0 Å². The van der Waals surface area contributed by atoms with E-state index in [1.807, 2.05) is 24.7 Å². The Morgan fingerprint density at radius 3 is 1.71 bits per heavy atom. The molecule has 0 spiro atoms. The van der Waals surface area contributed by atoms with Gasteiger partial charge in [-0.1, -0.05) is 12.2 Å². The first kappa shape index (κ1) is 13.8. The zero-order chi connectivity index (χ0) is 11.0. The van der Waals surface area contributed by atoms with Crippen LogP contribution >= 0.6 is 23.5 Å². The van der Waals surface area contributed by atoms with Crippen molar-refractivity contribution in [2.45, 2.75) is 23.3 Å². The van der Waals surface area contributed by atoms with E-state index in [0.717, 1.165) is 0 Å². The number of thioether (sulfide) groups is 2. The van der Waals surface area contributed by atoms with Crippen molar-refractivity contribution in [3.05, 3.63) is 25.3 Å². The van der Waals surface area contributed by atoms with Gasteiger partial charge in [-0.3, -0.25) is 4.79 Å². The van der Waals surface area contributed by atoms with Crippen molar-refractivity contribution >= 4 is 29.3 Å². The smallest absolute Gasteiger partial charge is 0.135 e. The number of hydrogen-bond acceptors (Lipinski definition) is 3.